The van der Waals surface area contributed by atoms with Gasteiger partial charge in [0.25, 0.3) is 0 Å². The summed E-state index contributed by atoms with van der Waals surface area (Å²) in [6, 6.07) is 0. The van der Waals surface area contributed by atoms with Crippen molar-refractivity contribution in [3.8, 4) is 11.8 Å². The number of azide groups is 2. The van der Waals surface area contributed by atoms with Crippen LogP contribution in [0.15, 0.2) is 21.2 Å². The van der Waals surface area contributed by atoms with Crippen molar-refractivity contribution < 1.29 is 23.5 Å². The summed E-state index contributed by atoms with van der Waals surface area (Å²) in [5, 5.41) is 9.28. The Morgan fingerprint density at radius 3 is 3.00 bits per heavy atom. The van der Waals surface area contributed by atoms with Crippen LogP contribution < -0.4 is 16.7 Å². The van der Waals surface area contributed by atoms with Crippen LogP contribution in [-0.4, -0.2) is 60.4 Å². The monoisotopic (exact) mass is 508 g/mol. The van der Waals surface area contributed by atoms with Crippen LogP contribution in [0, 0.1) is 11.8 Å². The molecule has 0 spiro atoms. The van der Waals surface area contributed by atoms with Gasteiger partial charge in [0.1, 0.15) is 37.7 Å². The fourth-order valence-electron chi connectivity index (χ4n) is 3.03. The van der Waals surface area contributed by atoms with Crippen LogP contribution in [0.2, 0.25) is 0 Å². The Morgan fingerprint density at radius 1 is 1.51 bits per heavy atom. The Kier molecular flexibility index (Phi) is 11.8. The number of nitrogens with two attached hydrogens (primary N) is 1. The lowest BCUT2D eigenvalue weighted by atomic mass is 10.2. The standard InChI is InChI=1S/C18H25N10O6P/c1-2-15(25-27-21)31-9-14(29)22-5-3-4-11-7-28(18(30)24-17(11)19)16-6-12(32-10-23-26-20)13(34-16)8-33-35/h7,12-13,15-16H,2,5-6,8-10,35H2,1H3,(H,22,29)(H2,19,24,30). The molecule has 0 radical (unpaired) electrons. The van der Waals surface area contributed by atoms with E-state index >= 15 is 0 Å². The fourth-order valence-corrected chi connectivity index (χ4v) is 3.22. The van der Waals surface area contributed by atoms with E-state index in [1.165, 1.54) is 10.8 Å². The van der Waals surface area contributed by atoms with Crippen molar-refractivity contribution in [3.63, 3.8) is 0 Å². The summed E-state index contributed by atoms with van der Waals surface area (Å²) >= 11 is 0. The van der Waals surface area contributed by atoms with Crippen molar-refractivity contribution in [1.82, 2.24) is 14.9 Å². The first-order chi connectivity index (χ1) is 16.9. The zero-order valence-electron chi connectivity index (χ0n) is 18.8. The van der Waals surface area contributed by atoms with E-state index in [1.807, 2.05) is 0 Å². The quantitative estimate of drug-likeness (QED) is 0.136. The van der Waals surface area contributed by atoms with E-state index < -0.39 is 36.3 Å². The summed E-state index contributed by atoms with van der Waals surface area (Å²) in [6.45, 7) is 1.40. The molecule has 188 valence electrons. The highest BCUT2D eigenvalue weighted by atomic mass is 31.0. The fraction of sp³-hybridized carbons (Fsp3) is 0.611. The van der Waals surface area contributed by atoms with Crippen LogP contribution in [-0.2, 0) is 23.5 Å². The molecule has 5 unspecified atom stereocenters. The van der Waals surface area contributed by atoms with Crippen molar-refractivity contribution in [2.75, 3.05) is 32.2 Å². The maximum Gasteiger partial charge on any atom is 0.351 e. The lowest BCUT2D eigenvalue weighted by Gasteiger charge is -2.17. The molecule has 1 fully saturated rings. The number of ether oxygens (including phenoxy) is 3. The Balaban J connectivity index is 2.04. The highest BCUT2D eigenvalue weighted by Crippen LogP contribution is 2.30. The first-order valence-corrected chi connectivity index (χ1v) is 10.8. The largest absolute Gasteiger partial charge is 0.382 e. The van der Waals surface area contributed by atoms with Gasteiger partial charge in [0.2, 0.25) is 5.91 Å². The zero-order valence-corrected chi connectivity index (χ0v) is 20.0. The van der Waals surface area contributed by atoms with E-state index in [4.69, 9.17) is 35.5 Å². The molecule has 1 amide bonds. The van der Waals surface area contributed by atoms with E-state index in [2.05, 4.69) is 51.7 Å². The van der Waals surface area contributed by atoms with Gasteiger partial charge in [-0.1, -0.05) is 29.0 Å². The molecule has 17 heteroatoms. The number of hydrogen-bond donors (Lipinski definition) is 2. The SMILES string of the molecule is CCC(N=[N+]=[N-])OCC(=O)NCC#Cc1cn(C2CC(OCN=[N+]=[N-])C(COP)O2)c(=O)nc1N. The van der Waals surface area contributed by atoms with Crippen LogP contribution in [0.25, 0.3) is 20.9 Å². The van der Waals surface area contributed by atoms with Crippen LogP contribution in [0.1, 0.15) is 31.6 Å². The van der Waals surface area contributed by atoms with Gasteiger partial charge in [0, 0.05) is 31.9 Å². The second-order valence-corrected chi connectivity index (χ2v) is 7.28. The summed E-state index contributed by atoms with van der Waals surface area (Å²) in [6.07, 6.45) is -0.376. The van der Waals surface area contributed by atoms with Crippen molar-refractivity contribution in [2.24, 2.45) is 10.2 Å². The van der Waals surface area contributed by atoms with Gasteiger partial charge in [-0.2, -0.15) is 4.98 Å². The third-order valence-corrected chi connectivity index (χ3v) is 4.87. The van der Waals surface area contributed by atoms with Gasteiger partial charge in [0.05, 0.1) is 24.8 Å². The number of aromatic nitrogens is 2. The molecule has 1 aromatic heterocycles. The average Bonchev–Trinajstić information content (AvgIpc) is 3.23. The number of carbonyl (C=O) groups is 1. The number of hydrogen-bond acceptors (Lipinski definition) is 10. The van der Waals surface area contributed by atoms with Gasteiger partial charge in [0.15, 0.2) is 0 Å². The summed E-state index contributed by atoms with van der Waals surface area (Å²) in [5.41, 5.74) is 22.3. The third-order valence-electron chi connectivity index (χ3n) is 4.68. The minimum Gasteiger partial charge on any atom is -0.382 e. The van der Waals surface area contributed by atoms with Gasteiger partial charge < -0.3 is 29.8 Å². The molecule has 0 saturated carbocycles. The van der Waals surface area contributed by atoms with Crippen LogP contribution in [0.4, 0.5) is 5.82 Å². The Bertz CT molecular complexity index is 1090. The highest BCUT2D eigenvalue weighted by Gasteiger charge is 2.37. The molecule has 5 atom stereocenters. The minimum absolute atomic E-state index is 0.0259. The second-order valence-electron chi connectivity index (χ2n) is 6.95. The molecule has 3 N–H and O–H groups in total. The molecule has 16 nitrogen and oxygen atoms in total. The van der Waals surface area contributed by atoms with Gasteiger partial charge in [-0.05, 0) is 17.5 Å². The number of amides is 1. The first kappa shape index (κ1) is 27.8. The second kappa shape index (κ2) is 14.8. The zero-order chi connectivity index (χ0) is 25.6. The van der Waals surface area contributed by atoms with E-state index in [-0.39, 0.29) is 44.3 Å². The Morgan fingerprint density at radius 2 is 2.31 bits per heavy atom. The molecule has 0 aromatic carbocycles. The minimum atomic E-state index is -0.739. The van der Waals surface area contributed by atoms with Gasteiger partial charge in [-0.3, -0.25) is 9.36 Å². The van der Waals surface area contributed by atoms with Crippen LogP contribution >= 0.6 is 9.47 Å². The van der Waals surface area contributed by atoms with E-state index in [9.17, 15) is 9.59 Å². The predicted octanol–water partition coefficient (Wildman–Crippen LogP) is 1.10. The number of nitrogens with one attached hydrogen (secondary N) is 1. The Hall–Kier alpha value is -3.40. The molecule has 0 aliphatic carbocycles. The van der Waals surface area contributed by atoms with Crippen molar-refractivity contribution in [1.29, 1.82) is 0 Å². The number of nitrogens with zero attached hydrogens (tertiary/aromatic N) is 8. The molecule has 1 saturated heterocycles. The third kappa shape index (κ3) is 8.71. The Labute approximate surface area is 202 Å². The topological polar surface area (TPSA) is 224 Å². The molecular formula is C18H25N10O6P. The van der Waals surface area contributed by atoms with Crippen LogP contribution in [0.3, 0.4) is 0 Å². The molecule has 1 aliphatic rings. The van der Waals surface area contributed by atoms with E-state index in [0.717, 1.165) is 0 Å². The summed E-state index contributed by atoms with van der Waals surface area (Å²) < 4.78 is 22.8. The highest BCUT2D eigenvalue weighted by molar-refractivity contribution is 7.09. The predicted molar refractivity (Wildman–Crippen MR) is 125 cm³/mol. The number of nitrogen functional groups attached to an aromatic ring is 1. The summed E-state index contributed by atoms with van der Waals surface area (Å²) in [4.78, 5) is 33.3. The van der Waals surface area contributed by atoms with E-state index in [0.29, 0.717) is 6.42 Å². The molecule has 35 heavy (non-hydrogen) atoms. The van der Waals surface area contributed by atoms with Crippen molar-refractivity contribution >= 4 is 21.2 Å². The molecule has 1 aromatic rings. The average molecular weight is 508 g/mol. The lowest BCUT2D eigenvalue weighted by molar-refractivity contribution is -0.127. The van der Waals surface area contributed by atoms with Gasteiger partial charge in [-0.25, -0.2) is 4.79 Å². The molecule has 2 rings (SSSR count). The van der Waals surface area contributed by atoms with Gasteiger partial charge >= 0.3 is 5.69 Å². The normalized spacial score (nSPS) is 19.5. The smallest absolute Gasteiger partial charge is 0.351 e. The first-order valence-electron chi connectivity index (χ1n) is 10.3. The van der Waals surface area contributed by atoms with Gasteiger partial charge in [-0.15, -0.1) is 0 Å². The van der Waals surface area contributed by atoms with E-state index in [1.54, 1.807) is 6.92 Å². The summed E-state index contributed by atoms with van der Waals surface area (Å²) in [7, 11) is 2.11. The maximum absolute atomic E-state index is 12.4. The number of anilines is 1. The molecule has 1 aliphatic heterocycles. The molecular weight excluding hydrogens is 483 g/mol. The van der Waals surface area contributed by atoms with Crippen molar-refractivity contribution in [3.05, 3.63) is 43.1 Å². The van der Waals surface area contributed by atoms with Crippen molar-refractivity contribution in [2.45, 2.75) is 44.4 Å². The maximum atomic E-state index is 12.4. The van der Waals surface area contributed by atoms with Crippen LogP contribution in [0.5, 0.6) is 0 Å². The number of rotatable bonds is 12. The lowest BCUT2D eigenvalue weighted by Crippen LogP contribution is -2.30. The molecule has 2 heterocycles. The molecule has 0 bridgehead atoms. The number of carbonyl (C=O) groups excluding carboxylic acids is 1. The summed E-state index contributed by atoms with van der Waals surface area (Å²) in [5.74, 6) is 4.95.